The predicted octanol–water partition coefficient (Wildman–Crippen LogP) is 3.23. The first-order chi connectivity index (χ1) is 12.1. The van der Waals surface area contributed by atoms with Gasteiger partial charge in [-0.25, -0.2) is 4.79 Å². The quantitative estimate of drug-likeness (QED) is 0.846. The van der Waals surface area contributed by atoms with Crippen molar-refractivity contribution >= 4 is 23.6 Å². The fourth-order valence-electron chi connectivity index (χ4n) is 2.73. The third-order valence-electron chi connectivity index (χ3n) is 4.08. The molecule has 1 saturated heterocycles. The third-order valence-corrected chi connectivity index (χ3v) is 4.32. The van der Waals surface area contributed by atoms with Crippen LogP contribution in [0.5, 0.6) is 5.75 Å². The summed E-state index contributed by atoms with van der Waals surface area (Å²) in [5.74, 6) is 0.560. The van der Waals surface area contributed by atoms with Gasteiger partial charge < -0.3 is 14.5 Å². The molecule has 2 aromatic rings. The van der Waals surface area contributed by atoms with Crippen LogP contribution in [0, 0.1) is 0 Å². The number of halogens is 1. The van der Waals surface area contributed by atoms with E-state index >= 15 is 0 Å². The molecule has 0 N–H and O–H groups in total. The minimum absolute atomic E-state index is 0.0401. The highest BCUT2D eigenvalue weighted by molar-refractivity contribution is 6.30. The number of carbonyl (C=O) groups excluding carboxylic acids is 2. The van der Waals surface area contributed by atoms with Crippen molar-refractivity contribution in [3.05, 3.63) is 65.2 Å². The number of hydrogen-bond acceptors (Lipinski definition) is 3. The molecule has 2 amide bonds. The lowest BCUT2D eigenvalue weighted by molar-refractivity contribution is -0.132. The number of carbonyl (C=O) groups is 2. The minimum atomic E-state index is -0.381. The Kier molecular flexibility index (Phi) is 5.56. The molecule has 6 heteroatoms. The van der Waals surface area contributed by atoms with Crippen LogP contribution in [0.15, 0.2) is 54.6 Å². The highest BCUT2D eigenvalue weighted by Crippen LogP contribution is 2.14. The van der Waals surface area contributed by atoms with Crippen LogP contribution in [0.1, 0.15) is 5.56 Å². The van der Waals surface area contributed by atoms with Gasteiger partial charge in [-0.3, -0.25) is 4.79 Å². The number of benzene rings is 2. The number of piperazine rings is 1. The highest BCUT2D eigenvalue weighted by atomic mass is 35.5. The summed E-state index contributed by atoms with van der Waals surface area (Å²) < 4.78 is 5.33. The van der Waals surface area contributed by atoms with E-state index in [9.17, 15) is 9.59 Å². The number of nitrogens with zero attached hydrogens (tertiary/aromatic N) is 2. The van der Waals surface area contributed by atoms with Gasteiger partial charge in [0.2, 0.25) is 5.91 Å². The maximum Gasteiger partial charge on any atom is 0.415 e. The molecule has 0 atom stereocenters. The Hall–Kier alpha value is -2.53. The van der Waals surface area contributed by atoms with Crippen molar-refractivity contribution in [2.75, 3.05) is 26.2 Å². The zero-order valence-electron chi connectivity index (χ0n) is 13.7. The smallest absolute Gasteiger partial charge is 0.410 e. The van der Waals surface area contributed by atoms with E-state index in [4.69, 9.17) is 16.3 Å². The van der Waals surface area contributed by atoms with E-state index in [1.807, 2.05) is 30.3 Å². The normalized spacial score (nSPS) is 14.3. The van der Waals surface area contributed by atoms with E-state index in [-0.39, 0.29) is 12.0 Å². The monoisotopic (exact) mass is 358 g/mol. The first kappa shape index (κ1) is 17.3. The lowest BCUT2D eigenvalue weighted by Gasteiger charge is -2.34. The molecule has 1 aliphatic heterocycles. The molecule has 0 saturated carbocycles. The van der Waals surface area contributed by atoms with Gasteiger partial charge in [-0.15, -0.1) is 0 Å². The molecule has 1 fully saturated rings. The molecule has 25 heavy (non-hydrogen) atoms. The molecule has 0 radical (unpaired) electrons. The highest BCUT2D eigenvalue weighted by Gasteiger charge is 2.25. The van der Waals surface area contributed by atoms with E-state index in [1.165, 1.54) is 0 Å². The second-order valence-electron chi connectivity index (χ2n) is 5.86. The van der Waals surface area contributed by atoms with Crippen molar-refractivity contribution in [3.63, 3.8) is 0 Å². The fourth-order valence-corrected chi connectivity index (χ4v) is 2.94. The van der Waals surface area contributed by atoms with Crippen LogP contribution in [0.2, 0.25) is 5.02 Å². The summed E-state index contributed by atoms with van der Waals surface area (Å²) in [6.45, 7) is 1.94. The summed E-state index contributed by atoms with van der Waals surface area (Å²) in [7, 11) is 0. The van der Waals surface area contributed by atoms with Gasteiger partial charge in [0, 0.05) is 31.2 Å². The molecular weight excluding hydrogens is 340 g/mol. The van der Waals surface area contributed by atoms with Gasteiger partial charge in [-0.05, 0) is 29.8 Å². The largest absolute Gasteiger partial charge is 0.415 e. The van der Waals surface area contributed by atoms with Gasteiger partial charge in [0.05, 0.1) is 6.42 Å². The van der Waals surface area contributed by atoms with Crippen molar-refractivity contribution in [1.82, 2.24) is 9.80 Å². The Morgan fingerprint density at radius 2 is 1.60 bits per heavy atom. The van der Waals surface area contributed by atoms with Crippen LogP contribution < -0.4 is 4.74 Å². The summed E-state index contributed by atoms with van der Waals surface area (Å²) in [6.07, 6.45) is -0.0668. The molecule has 1 aliphatic rings. The van der Waals surface area contributed by atoms with E-state index in [0.717, 1.165) is 5.56 Å². The van der Waals surface area contributed by atoms with E-state index in [2.05, 4.69) is 0 Å². The van der Waals surface area contributed by atoms with Crippen LogP contribution >= 0.6 is 11.6 Å². The second kappa shape index (κ2) is 8.03. The lowest BCUT2D eigenvalue weighted by Crippen LogP contribution is -2.51. The SMILES string of the molecule is O=C(Cc1cccc(Cl)c1)N1CCN(C(=O)Oc2ccccc2)CC1. The van der Waals surface area contributed by atoms with Crippen LogP contribution in [-0.2, 0) is 11.2 Å². The van der Waals surface area contributed by atoms with Crippen molar-refractivity contribution < 1.29 is 14.3 Å². The van der Waals surface area contributed by atoms with Crippen LogP contribution in [0.3, 0.4) is 0 Å². The summed E-state index contributed by atoms with van der Waals surface area (Å²) in [6, 6.07) is 16.3. The second-order valence-corrected chi connectivity index (χ2v) is 6.29. The van der Waals surface area contributed by atoms with E-state index in [0.29, 0.717) is 43.4 Å². The number of para-hydroxylation sites is 1. The van der Waals surface area contributed by atoms with Crippen molar-refractivity contribution in [1.29, 1.82) is 0 Å². The van der Waals surface area contributed by atoms with Gasteiger partial charge in [0.25, 0.3) is 0 Å². The number of ether oxygens (including phenoxy) is 1. The number of hydrogen-bond donors (Lipinski definition) is 0. The number of amides is 2. The summed E-state index contributed by atoms with van der Waals surface area (Å²) in [5, 5.41) is 0.624. The molecule has 0 bridgehead atoms. The molecule has 0 spiro atoms. The summed E-state index contributed by atoms with van der Waals surface area (Å²) in [5.41, 5.74) is 0.892. The predicted molar refractivity (Wildman–Crippen MR) is 95.8 cm³/mol. The zero-order chi connectivity index (χ0) is 17.6. The van der Waals surface area contributed by atoms with Gasteiger partial charge in [0.1, 0.15) is 5.75 Å². The van der Waals surface area contributed by atoms with Gasteiger partial charge in [0.15, 0.2) is 0 Å². The Morgan fingerprint density at radius 1 is 0.920 bits per heavy atom. The molecule has 5 nitrogen and oxygen atoms in total. The summed E-state index contributed by atoms with van der Waals surface area (Å²) >= 11 is 5.95. The maximum atomic E-state index is 12.4. The molecule has 2 aromatic carbocycles. The molecule has 3 rings (SSSR count). The zero-order valence-corrected chi connectivity index (χ0v) is 14.5. The molecule has 0 aliphatic carbocycles. The third kappa shape index (κ3) is 4.73. The average molecular weight is 359 g/mol. The molecule has 0 unspecified atom stereocenters. The average Bonchev–Trinajstić information content (AvgIpc) is 2.62. The van der Waals surface area contributed by atoms with Gasteiger partial charge in [-0.1, -0.05) is 41.9 Å². The van der Waals surface area contributed by atoms with Crippen LogP contribution in [0.25, 0.3) is 0 Å². The molecule has 0 aromatic heterocycles. The lowest BCUT2D eigenvalue weighted by atomic mass is 10.1. The standard InChI is InChI=1S/C19H19ClN2O3/c20-16-6-4-5-15(13-16)14-18(23)21-9-11-22(12-10-21)19(24)25-17-7-2-1-3-8-17/h1-8,13H,9-12,14H2. The molecule has 1 heterocycles. The Balaban J connectivity index is 1.49. The Morgan fingerprint density at radius 3 is 2.28 bits per heavy atom. The summed E-state index contributed by atoms with van der Waals surface area (Å²) in [4.78, 5) is 27.9. The van der Waals surface area contributed by atoms with Crippen LogP contribution in [-0.4, -0.2) is 48.0 Å². The Labute approximate surface area is 151 Å². The minimum Gasteiger partial charge on any atom is -0.410 e. The van der Waals surface area contributed by atoms with Crippen molar-refractivity contribution in [2.45, 2.75) is 6.42 Å². The number of rotatable bonds is 3. The maximum absolute atomic E-state index is 12.4. The van der Waals surface area contributed by atoms with Crippen LogP contribution in [0.4, 0.5) is 4.79 Å². The Bertz CT molecular complexity index is 743. The molecular formula is C19H19ClN2O3. The van der Waals surface area contributed by atoms with E-state index in [1.54, 1.807) is 34.1 Å². The molecule has 130 valence electrons. The topological polar surface area (TPSA) is 49.9 Å². The van der Waals surface area contributed by atoms with Gasteiger partial charge in [-0.2, -0.15) is 0 Å². The van der Waals surface area contributed by atoms with Crippen molar-refractivity contribution in [3.8, 4) is 5.75 Å². The fraction of sp³-hybridized carbons (Fsp3) is 0.263. The van der Waals surface area contributed by atoms with Gasteiger partial charge >= 0.3 is 6.09 Å². The first-order valence-corrected chi connectivity index (χ1v) is 8.53. The van der Waals surface area contributed by atoms with Crippen molar-refractivity contribution in [2.24, 2.45) is 0 Å². The van der Waals surface area contributed by atoms with E-state index < -0.39 is 0 Å². The first-order valence-electron chi connectivity index (χ1n) is 8.16.